The highest BCUT2D eigenvalue weighted by Crippen LogP contribution is 2.20. The molecule has 2 aromatic carbocycles. The summed E-state index contributed by atoms with van der Waals surface area (Å²) in [6.07, 6.45) is 3.91. The van der Waals surface area contributed by atoms with Gasteiger partial charge in [-0.25, -0.2) is 13.4 Å². The van der Waals surface area contributed by atoms with Crippen LogP contribution in [0.5, 0.6) is 0 Å². The second kappa shape index (κ2) is 7.01. The molecule has 24 heavy (non-hydrogen) atoms. The van der Waals surface area contributed by atoms with Crippen LogP contribution in [0.2, 0.25) is 0 Å². The van der Waals surface area contributed by atoms with Gasteiger partial charge in [0.15, 0.2) is 9.84 Å². The van der Waals surface area contributed by atoms with E-state index >= 15 is 0 Å². The summed E-state index contributed by atoms with van der Waals surface area (Å²) in [7, 11) is -2.98. The van der Waals surface area contributed by atoms with Crippen LogP contribution in [0.4, 0.5) is 5.82 Å². The zero-order chi connectivity index (χ0) is 17.0. The fourth-order valence-corrected chi connectivity index (χ4v) is 3.49. The minimum atomic E-state index is -2.98. The Hall–Kier alpha value is -2.40. The molecule has 124 valence electrons. The number of hydrogen-bond acceptors (Lipinski definition) is 4. The van der Waals surface area contributed by atoms with Crippen molar-refractivity contribution in [2.75, 3.05) is 18.1 Å². The SMILES string of the molecule is CS(=O)(=O)Cc1ccc(CCNc2nccc3ccccc23)cc1. The summed E-state index contributed by atoms with van der Waals surface area (Å²) < 4.78 is 22.6. The van der Waals surface area contributed by atoms with Crippen LogP contribution in [0.25, 0.3) is 10.8 Å². The van der Waals surface area contributed by atoms with Gasteiger partial charge in [-0.1, -0.05) is 48.5 Å². The molecular formula is C19H20N2O2S. The van der Waals surface area contributed by atoms with Crippen LogP contribution in [0.1, 0.15) is 11.1 Å². The van der Waals surface area contributed by atoms with Crippen LogP contribution < -0.4 is 5.32 Å². The van der Waals surface area contributed by atoms with Gasteiger partial charge >= 0.3 is 0 Å². The molecule has 0 bridgehead atoms. The van der Waals surface area contributed by atoms with Crippen LogP contribution in [-0.4, -0.2) is 26.2 Å². The van der Waals surface area contributed by atoms with Gasteiger partial charge in [0.1, 0.15) is 5.82 Å². The highest BCUT2D eigenvalue weighted by atomic mass is 32.2. The monoisotopic (exact) mass is 340 g/mol. The van der Waals surface area contributed by atoms with Crippen molar-refractivity contribution in [2.24, 2.45) is 0 Å². The largest absolute Gasteiger partial charge is 0.369 e. The van der Waals surface area contributed by atoms with E-state index in [9.17, 15) is 8.42 Å². The summed E-state index contributed by atoms with van der Waals surface area (Å²) in [5.74, 6) is 0.979. The molecule has 3 aromatic rings. The molecule has 1 N–H and O–H groups in total. The first-order valence-electron chi connectivity index (χ1n) is 7.84. The third-order valence-electron chi connectivity index (χ3n) is 3.83. The van der Waals surface area contributed by atoms with Crippen LogP contribution in [0.3, 0.4) is 0 Å². The third kappa shape index (κ3) is 4.32. The number of fused-ring (bicyclic) bond motifs is 1. The average molecular weight is 340 g/mol. The Morgan fingerprint density at radius 1 is 0.958 bits per heavy atom. The van der Waals surface area contributed by atoms with Gasteiger partial charge in [-0.15, -0.1) is 0 Å². The van der Waals surface area contributed by atoms with Gasteiger partial charge < -0.3 is 5.32 Å². The first kappa shape index (κ1) is 16.5. The molecule has 3 rings (SSSR count). The molecule has 0 aliphatic rings. The maximum Gasteiger partial charge on any atom is 0.151 e. The van der Waals surface area contributed by atoms with E-state index in [0.717, 1.165) is 29.7 Å². The zero-order valence-electron chi connectivity index (χ0n) is 13.6. The summed E-state index contributed by atoms with van der Waals surface area (Å²) >= 11 is 0. The molecule has 1 aromatic heterocycles. The molecule has 0 saturated heterocycles. The topological polar surface area (TPSA) is 59.1 Å². The smallest absolute Gasteiger partial charge is 0.151 e. The molecule has 4 nitrogen and oxygen atoms in total. The lowest BCUT2D eigenvalue weighted by atomic mass is 10.1. The van der Waals surface area contributed by atoms with Gasteiger partial charge in [0.25, 0.3) is 0 Å². The quantitative estimate of drug-likeness (QED) is 0.747. The lowest BCUT2D eigenvalue weighted by molar-refractivity contribution is 0.601. The lowest BCUT2D eigenvalue weighted by Crippen LogP contribution is -2.07. The molecule has 5 heteroatoms. The van der Waals surface area contributed by atoms with E-state index in [0.29, 0.717) is 0 Å². The first-order valence-corrected chi connectivity index (χ1v) is 9.90. The number of hydrogen-bond donors (Lipinski definition) is 1. The molecule has 0 unspecified atom stereocenters. The number of nitrogens with zero attached hydrogens (tertiary/aromatic N) is 1. The van der Waals surface area contributed by atoms with E-state index in [2.05, 4.69) is 22.4 Å². The zero-order valence-corrected chi connectivity index (χ0v) is 14.4. The molecule has 0 atom stereocenters. The van der Waals surface area contributed by atoms with Gasteiger partial charge in [-0.3, -0.25) is 0 Å². The fraction of sp³-hybridized carbons (Fsp3) is 0.211. The summed E-state index contributed by atoms with van der Waals surface area (Å²) in [6, 6.07) is 17.9. The number of nitrogens with one attached hydrogen (secondary N) is 1. The fourth-order valence-electron chi connectivity index (χ4n) is 2.69. The van der Waals surface area contributed by atoms with E-state index in [-0.39, 0.29) is 5.75 Å². The van der Waals surface area contributed by atoms with Crippen LogP contribution in [0.15, 0.2) is 60.8 Å². The summed E-state index contributed by atoms with van der Waals surface area (Å²) in [6.45, 7) is 0.770. The number of anilines is 1. The van der Waals surface area contributed by atoms with Crippen molar-refractivity contribution in [1.29, 1.82) is 0 Å². The average Bonchev–Trinajstić information content (AvgIpc) is 2.55. The summed E-state index contributed by atoms with van der Waals surface area (Å²) in [4.78, 5) is 4.41. The molecule has 0 amide bonds. The molecule has 0 aliphatic heterocycles. The molecule has 0 fully saturated rings. The predicted molar refractivity (Wildman–Crippen MR) is 98.9 cm³/mol. The Balaban J connectivity index is 1.62. The molecular weight excluding hydrogens is 320 g/mol. The maximum atomic E-state index is 11.3. The number of aromatic nitrogens is 1. The van der Waals surface area contributed by atoms with Gasteiger partial charge in [-0.2, -0.15) is 0 Å². The Morgan fingerprint density at radius 2 is 1.67 bits per heavy atom. The van der Waals surface area contributed by atoms with Crippen LogP contribution in [-0.2, 0) is 22.0 Å². The maximum absolute atomic E-state index is 11.3. The second-order valence-corrected chi connectivity index (χ2v) is 8.08. The van der Waals surface area contributed by atoms with Crippen molar-refractivity contribution in [3.63, 3.8) is 0 Å². The molecule has 1 heterocycles. The Bertz CT molecular complexity index is 930. The Morgan fingerprint density at radius 3 is 2.42 bits per heavy atom. The number of pyridine rings is 1. The van der Waals surface area contributed by atoms with Crippen molar-refractivity contribution in [3.05, 3.63) is 71.9 Å². The summed E-state index contributed by atoms with van der Waals surface area (Å²) in [5, 5.41) is 5.66. The van der Waals surface area contributed by atoms with Crippen molar-refractivity contribution in [2.45, 2.75) is 12.2 Å². The second-order valence-electron chi connectivity index (χ2n) is 5.94. The lowest BCUT2D eigenvalue weighted by Gasteiger charge is -2.09. The number of sulfone groups is 1. The standard InChI is InChI=1S/C19H20N2O2S/c1-24(22,23)14-16-8-6-15(7-9-16)10-12-20-19-18-5-3-2-4-17(18)11-13-21-19/h2-9,11,13H,10,12,14H2,1H3,(H,20,21). The van der Waals surface area contributed by atoms with E-state index in [4.69, 9.17) is 0 Å². The highest BCUT2D eigenvalue weighted by molar-refractivity contribution is 7.89. The van der Waals surface area contributed by atoms with E-state index in [1.807, 2.05) is 48.7 Å². The van der Waals surface area contributed by atoms with E-state index < -0.39 is 9.84 Å². The van der Waals surface area contributed by atoms with Gasteiger partial charge in [0.2, 0.25) is 0 Å². The minimum Gasteiger partial charge on any atom is -0.369 e. The molecule has 0 spiro atoms. The van der Waals surface area contributed by atoms with Gasteiger partial charge in [0.05, 0.1) is 5.75 Å². The van der Waals surface area contributed by atoms with E-state index in [1.54, 1.807) is 0 Å². The Labute approximate surface area is 142 Å². The van der Waals surface area contributed by atoms with Crippen LogP contribution >= 0.6 is 0 Å². The number of rotatable bonds is 6. The number of benzene rings is 2. The van der Waals surface area contributed by atoms with E-state index in [1.165, 1.54) is 17.2 Å². The highest BCUT2D eigenvalue weighted by Gasteiger charge is 2.05. The van der Waals surface area contributed by atoms with Crippen molar-refractivity contribution >= 4 is 26.4 Å². The van der Waals surface area contributed by atoms with Gasteiger partial charge in [0, 0.05) is 24.4 Å². The third-order valence-corrected chi connectivity index (χ3v) is 4.69. The molecule has 0 radical (unpaired) electrons. The molecule has 0 aliphatic carbocycles. The van der Waals surface area contributed by atoms with Crippen molar-refractivity contribution < 1.29 is 8.42 Å². The predicted octanol–water partition coefficient (Wildman–Crippen LogP) is 3.43. The van der Waals surface area contributed by atoms with Gasteiger partial charge in [-0.05, 0) is 29.0 Å². The van der Waals surface area contributed by atoms with Crippen LogP contribution in [0, 0.1) is 0 Å². The first-order chi connectivity index (χ1) is 11.5. The summed E-state index contributed by atoms with van der Waals surface area (Å²) in [5.41, 5.74) is 1.99. The normalized spacial score (nSPS) is 11.5. The van der Waals surface area contributed by atoms with Crippen molar-refractivity contribution in [1.82, 2.24) is 4.98 Å². The van der Waals surface area contributed by atoms with Crippen molar-refractivity contribution in [3.8, 4) is 0 Å². The molecule has 0 saturated carbocycles. The minimum absolute atomic E-state index is 0.0887. The Kier molecular flexibility index (Phi) is 4.81.